The fourth-order valence-electron chi connectivity index (χ4n) is 2.27. The van der Waals surface area contributed by atoms with Gasteiger partial charge < -0.3 is 4.74 Å². The van der Waals surface area contributed by atoms with Crippen molar-refractivity contribution in [3.05, 3.63) is 56.1 Å². The Bertz CT molecular complexity index is 844. The first-order valence-corrected chi connectivity index (χ1v) is 8.31. The standard InChI is InChI=1S/C14H10BrF3N2O3S/c1-8-6-24-14(22-7-13(16,17)18,9-2-4-10(15)5-3-9)11-19-23-12(21)20(8)11/h2-6H,7H2,1H3/t14-/m0/s1. The second-order valence-corrected chi connectivity index (χ2v) is 6.97. The van der Waals surface area contributed by atoms with Gasteiger partial charge in [-0.1, -0.05) is 45.0 Å². The number of nitrogens with zero attached hydrogens (tertiary/aromatic N) is 2. The molecule has 0 fully saturated rings. The molecule has 1 aromatic heterocycles. The summed E-state index contributed by atoms with van der Waals surface area (Å²) in [6, 6.07) is 6.54. The van der Waals surface area contributed by atoms with Crippen LogP contribution in [0.5, 0.6) is 0 Å². The first-order valence-electron chi connectivity index (χ1n) is 6.64. The number of hydrogen-bond donors (Lipinski definition) is 0. The van der Waals surface area contributed by atoms with Gasteiger partial charge in [0.2, 0.25) is 10.8 Å². The fourth-order valence-corrected chi connectivity index (χ4v) is 3.61. The maximum Gasteiger partial charge on any atom is 0.446 e. The van der Waals surface area contributed by atoms with Gasteiger partial charge in [-0.25, -0.2) is 9.36 Å². The summed E-state index contributed by atoms with van der Waals surface area (Å²) >= 11 is 4.27. The van der Waals surface area contributed by atoms with Crippen LogP contribution in [0.15, 0.2) is 43.5 Å². The molecule has 0 radical (unpaired) electrons. The first kappa shape index (κ1) is 17.3. The molecule has 10 heteroatoms. The van der Waals surface area contributed by atoms with E-state index in [1.807, 2.05) is 0 Å². The number of hydrogen-bond acceptors (Lipinski definition) is 5. The summed E-state index contributed by atoms with van der Waals surface area (Å²) in [5.74, 6) is -0.819. The van der Waals surface area contributed by atoms with Crippen molar-refractivity contribution in [2.75, 3.05) is 6.61 Å². The summed E-state index contributed by atoms with van der Waals surface area (Å²) in [6.45, 7) is 0.133. The third-order valence-corrected chi connectivity index (χ3v) is 5.17. The summed E-state index contributed by atoms with van der Waals surface area (Å²) in [5, 5.41) is 5.22. The highest BCUT2D eigenvalue weighted by molar-refractivity contribution is 9.10. The van der Waals surface area contributed by atoms with Crippen LogP contribution in [0.2, 0.25) is 0 Å². The SMILES string of the molecule is CC1=CS[C@@](OCC(F)(F)F)(c2ccc(Br)cc2)c2noc(=O)n21. The Balaban J connectivity index is 2.17. The number of thioether (sulfide) groups is 1. The lowest BCUT2D eigenvalue weighted by Gasteiger charge is -2.34. The lowest BCUT2D eigenvalue weighted by atomic mass is 10.1. The second kappa shape index (κ2) is 6.08. The predicted molar refractivity (Wildman–Crippen MR) is 85.2 cm³/mol. The maximum absolute atomic E-state index is 12.7. The third kappa shape index (κ3) is 3.05. The minimum absolute atomic E-state index is 0.0379. The van der Waals surface area contributed by atoms with Crippen molar-refractivity contribution in [2.45, 2.75) is 18.0 Å². The largest absolute Gasteiger partial charge is 0.446 e. The molecule has 24 heavy (non-hydrogen) atoms. The van der Waals surface area contributed by atoms with Gasteiger partial charge in [-0.3, -0.25) is 4.52 Å². The van der Waals surface area contributed by atoms with Crippen LogP contribution in [-0.4, -0.2) is 22.5 Å². The summed E-state index contributed by atoms with van der Waals surface area (Å²) in [4.78, 5) is 10.2. The van der Waals surface area contributed by atoms with Crippen LogP contribution in [0.25, 0.3) is 5.70 Å². The van der Waals surface area contributed by atoms with Crippen LogP contribution in [0.4, 0.5) is 13.2 Å². The first-order chi connectivity index (χ1) is 11.2. The van der Waals surface area contributed by atoms with E-state index in [4.69, 9.17) is 4.74 Å². The molecule has 1 atom stereocenters. The van der Waals surface area contributed by atoms with E-state index < -0.39 is 23.5 Å². The molecule has 1 aromatic carbocycles. The molecule has 2 heterocycles. The van der Waals surface area contributed by atoms with E-state index in [9.17, 15) is 18.0 Å². The van der Waals surface area contributed by atoms with Gasteiger partial charge in [0.05, 0.1) is 0 Å². The van der Waals surface area contributed by atoms with Crippen molar-refractivity contribution < 1.29 is 22.4 Å². The molecular formula is C14H10BrF3N2O3S. The number of allylic oxidation sites excluding steroid dienone is 1. The van der Waals surface area contributed by atoms with Crippen LogP contribution in [0.3, 0.4) is 0 Å². The average Bonchev–Trinajstić information content (AvgIpc) is 2.91. The summed E-state index contributed by atoms with van der Waals surface area (Å²) in [5.41, 5.74) is 0.898. The van der Waals surface area contributed by atoms with Crippen molar-refractivity contribution in [3.8, 4) is 0 Å². The lowest BCUT2D eigenvalue weighted by molar-refractivity contribution is -0.188. The Kier molecular flexibility index (Phi) is 4.39. The normalized spacial score (nSPS) is 20.6. The van der Waals surface area contributed by atoms with E-state index in [-0.39, 0.29) is 5.82 Å². The van der Waals surface area contributed by atoms with Gasteiger partial charge in [-0.2, -0.15) is 13.2 Å². The highest BCUT2D eigenvalue weighted by atomic mass is 79.9. The molecule has 5 nitrogen and oxygen atoms in total. The predicted octanol–water partition coefficient (Wildman–Crippen LogP) is 3.94. The van der Waals surface area contributed by atoms with E-state index in [1.54, 1.807) is 36.6 Å². The highest BCUT2D eigenvalue weighted by Gasteiger charge is 2.47. The Labute approximate surface area is 146 Å². The molecule has 0 saturated carbocycles. The number of halogens is 4. The van der Waals surface area contributed by atoms with Gasteiger partial charge in [0.25, 0.3) is 0 Å². The highest BCUT2D eigenvalue weighted by Crippen LogP contribution is 2.48. The Morgan fingerprint density at radius 1 is 1.38 bits per heavy atom. The lowest BCUT2D eigenvalue weighted by Crippen LogP contribution is -2.37. The smallest absolute Gasteiger partial charge is 0.343 e. The second-order valence-electron chi connectivity index (χ2n) is 5.01. The molecule has 128 valence electrons. The van der Waals surface area contributed by atoms with Gasteiger partial charge in [0.15, 0.2) is 0 Å². The minimum atomic E-state index is -4.53. The zero-order valence-electron chi connectivity index (χ0n) is 12.1. The fraction of sp³-hybridized carbons (Fsp3) is 0.286. The molecule has 3 rings (SSSR count). The van der Waals surface area contributed by atoms with Crippen molar-refractivity contribution >= 4 is 33.4 Å². The monoisotopic (exact) mass is 422 g/mol. The van der Waals surface area contributed by atoms with E-state index >= 15 is 0 Å². The van der Waals surface area contributed by atoms with E-state index in [0.717, 1.165) is 20.8 Å². The molecule has 0 unspecified atom stereocenters. The number of aromatic nitrogens is 2. The van der Waals surface area contributed by atoms with Gasteiger partial charge in [0, 0.05) is 15.7 Å². The van der Waals surface area contributed by atoms with Crippen LogP contribution < -0.4 is 5.76 Å². The van der Waals surface area contributed by atoms with Gasteiger partial charge in [-0.05, 0) is 24.5 Å². The van der Waals surface area contributed by atoms with E-state index in [2.05, 4.69) is 25.6 Å². The number of rotatable bonds is 3. The molecule has 2 aromatic rings. The topological polar surface area (TPSA) is 57.3 Å². The summed E-state index contributed by atoms with van der Waals surface area (Å²) < 4.78 is 50.0. The molecule has 0 saturated heterocycles. The molecule has 0 spiro atoms. The van der Waals surface area contributed by atoms with E-state index in [0.29, 0.717) is 11.3 Å². The minimum Gasteiger partial charge on any atom is -0.343 e. The molecule has 1 aliphatic heterocycles. The number of benzene rings is 1. The van der Waals surface area contributed by atoms with Crippen LogP contribution in [-0.2, 0) is 9.67 Å². The summed E-state index contributed by atoms with van der Waals surface area (Å²) in [6.07, 6.45) is -4.53. The quantitative estimate of drug-likeness (QED) is 0.749. The van der Waals surface area contributed by atoms with Crippen molar-refractivity contribution in [3.63, 3.8) is 0 Å². The van der Waals surface area contributed by atoms with Gasteiger partial charge in [0.1, 0.15) is 6.61 Å². The zero-order valence-corrected chi connectivity index (χ0v) is 14.5. The summed E-state index contributed by atoms with van der Waals surface area (Å²) in [7, 11) is 0. The number of alkyl halides is 3. The number of fused-ring (bicyclic) bond motifs is 1. The van der Waals surface area contributed by atoms with Crippen molar-refractivity contribution in [2.24, 2.45) is 0 Å². The van der Waals surface area contributed by atoms with Gasteiger partial charge in [-0.15, -0.1) is 0 Å². The maximum atomic E-state index is 12.7. The van der Waals surface area contributed by atoms with Crippen LogP contribution in [0, 0.1) is 0 Å². The molecule has 0 N–H and O–H groups in total. The Hall–Kier alpha value is -1.52. The molecule has 0 amide bonds. The molecule has 1 aliphatic rings. The average molecular weight is 423 g/mol. The molecular weight excluding hydrogens is 413 g/mol. The molecule has 0 aliphatic carbocycles. The Morgan fingerprint density at radius 2 is 2.04 bits per heavy atom. The van der Waals surface area contributed by atoms with Crippen LogP contribution in [0.1, 0.15) is 18.3 Å². The third-order valence-electron chi connectivity index (χ3n) is 3.31. The Morgan fingerprint density at radius 3 is 2.67 bits per heavy atom. The zero-order chi connectivity index (χ0) is 17.5. The van der Waals surface area contributed by atoms with Crippen LogP contribution >= 0.6 is 27.7 Å². The van der Waals surface area contributed by atoms with Crippen molar-refractivity contribution in [1.82, 2.24) is 9.72 Å². The van der Waals surface area contributed by atoms with Gasteiger partial charge >= 0.3 is 11.9 Å². The number of ether oxygens (including phenoxy) is 1. The van der Waals surface area contributed by atoms with E-state index in [1.165, 1.54) is 0 Å². The molecule has 0 bridgehead atoms. The van der Waals surface area contributed by atoms with Crippen molar-refractivity contribution in [1.29, 1.82) is 0 Å².